The minimum atomic E-state index is -0.320. The van der Waals surface area contributed by atoms with E-state index in [0.29, 0.717) is 15.4 Å². The SMILES string of the molecule is CC(CO)CC(=N)C(=O)c1cc2nccc(Cl)c2s1. The fraction of sp³-hybridized carbons (Fsp3) is 0.308. The van der Waals surface area contributed by atoms with Crippen molar-refractivity contribution >= 4 is 44.6 Å². The second-order valence-electron chi connectivity index (χ2n) is 4.42. The number of Topliss-reactive ketones (excluding diaryl/α,β-unsaturated/α-hetero) is 1. The van der Waals surface area contributed by atoms with E-state index in [1.54, 1.807) is 25.3 Å². The number of ketones is 1. The Balaban J connectivity index is 2.27. The summed E-state index contributed by atoms with van der Waals surface area (Å²) in [6.07, 6.45) is 1.86. The fourth-order valence-electron chi connectivity index (χ4n) is 1.67. The fourth-order valence-corrected chi connectivity index (χ4v) is 2.93. The van der Waals surface area contributed by atoms with Gasteiger partial charge in [-0.2, -0.15) is 0 Å². The van der Waals surface area contributed by atoms with E-state index >= 15 is 0 Å². The normalized spacial score (nSPS) is 12.6. The molecule has 2 aromatic heterocycles. The van der Waals surface area contributed by atoms with Gasteiger partial charge < -0.3 is 10.5 Å². The number of halogens is 1. The first-order valence-corrected chi connectivity index (χ1v) is 6.99. The van der Waals surface area contributed by atoms with Gasteiger partial charge in [0.1, 0.15) is 0 Å². The molecule has 4 nitrogen and oxygen atoms in total. The third kappa shape index (κ3) is 3.00. The number of hydrogen-bond donors (Lipinski definition) is 2. The summed E-state index contributed by atoms with van der Waals surface area (Å²) in [7, 11) is 0. The number of hydrogen-bond acceptors (Lipinski definition) is 5. The maximum Gasteiger partial charge on any atom is 0.216 e. The van der Waals surface area contributed by atoms with Crippen LogP contribution in [0.4, 0.5) is 0 Å². The first kappa shape index (κ1) is 14.1. The minimum absolute atomic E-state index is 0.00392. The zero-order chi connectivity index (χ0) is 14.0. The number of rotatable bonds is 5. The predicted molar refractivity (Wildman–Crippen MR) is 77.6 cm³/mol. The van der Waals surface area contributed by atoms with Crippen molar-refractivity contribution in [2.45, 2.75) is 13.3 Å². The van der Waals surface area contributed by atoms with Gasteiger partial charge in [0.25, 0.3) is 0 Å². The molecule has 0 aliphatic carbocycles. The molecule has 0 saturated heterocycles. The number of thiophene rings is 1. The highest BCUT2D eigenvalue weighted by Gasteiger charge is 2.18. The molecule has 0 spiro atoms. The Morgan fingerprint density at radius 2 is 2.37 bits per heavy atom. The molecule has 0 bridgehead atoms. The lowest BCUT2D eigenvalue weighted by Crippen LogP contribution is -2.16. The Kier molecular flexibility index (Phi) is 4.29. The molecular weight excluding hydrogens is 284 g/mol. The molecular formula is C13H13ClN2O2S. The molecule has 2 rings (SSSR count). The smallest absolute Gasteiger partial charge is 0.216 e. The number of nitrogens with one attached hydrogen (secondary N) is 1. The van der Waals surface area contributed by atoms with Crippen LogP contribution in [0.15, 0.2) is 18.3 Å². The highest BCUT2D eigenvalue weighted by Crippen LogP contribution is 2.30. The minimum Gasteiger partial charge on any atom is -0.396 e. The molecule has 1 atom stereocenters. The highest BCUT2D eigenvalue weighted by molar-refractivity contribution is 7.22. The van der Waals surface area contributed by atoms with Crippen molar-refractivity contribution in [3.05, 3.63) is 28.2 Å². The Labute approximate surface area is 119 Å². The van der Waals surface area contributed by atoms with Crippen LogP contribution in [0.3, 0.4) is 0 Å². The second kappa shape index (κ2) is 5.77. The second-order valence-corrected chi connectivity index (χ2v) is 5.88. The van der Waals surface area contributed by atoms with E-state index in [-0.39, 0.29) is 30.4 Å². The van der Waals surface area contributed by atoms with Gasteiger partial charge in [-0.3, -0.25) is 9.78 Å². The van der Waals surface area contributed by atoms with Crippen molar-refractivity contribution in [1.82, 2.24) is 4.98 Å². The van der Waals surface area contributed by atoms with Gasteiger partial charge in [0.05, 0.1) is 25.8 Å². The molecule has 2 N–H and O–H groups in total. The van der Waals surface area contributed by atoms with E-state index in [9.17, 15) is 4.79 Å². The molecule has 0 fully saturated rings. The van der Waals surface area contributed by atoms with E-state index in [2.05, 4.69) is 4.98 Å². The summed E-state index contributed by atoms with van der Waals surface area (Å²) >= 11 is 7.28. The van der Waals surface area contributed by atoms with Crippen LogP contribution in [0.1, 0.15) is 23.0 Å². The third-order valence-electron chi connectivity index (χ3n) is 2.73. The van der Waals surface area contributed by atoms with Crippen molar-refractivity contribution in [1.29, 1.82) is 5.41 Å². The van der Waals surface area contributed by atoms with Gasteiger partial charge in [0.15, 0.2) is 0 Å². The van der Waals surface area contributed by atoms with Crippen molar-refractivity contribution in [2.24, 2.45) is 5.92 Å². The van der Waals surface area contributed by atoms with Gasteiger partial charge in [-0.1, -0.05) is 18.5 Å². The summed E-state index contributed by atoms with van der Waals surface area (Å²) in [6.45, 7) is 1.76. The molecule has 0 aliphatic heterocycles. The number of fused-ring (bicyclic) bond motifs is 1. The van der Waals surface area contributed by atoms with Gasteiger partial charge in [-0.25, -0.2) is 0 Å². The van der Waals surface area contributed by atoms with E-state index in [1.165, 1.54) is 11.3 Å². The summed E-state index contributed by atoms with van der Waals surface area (Å²) in [4.78, 5) is 16.7. The molecule has 0 aromatic carbocycles. The highest BCUT2D eigenvalue weighted by atomic mass is 35.5. The lowest BCUT2D eigenvalue weighted by atomic mass is 10.0. The van der Waals surface area contributed by atoms with Crippen LogP contribution in [0.2, 0.25) is 5.02 Å². The average Bonchev–Trinajstić information content (AvgIpc) is 2.83. The molecule has 19 heavy (non-hydrogen) atoms. The number of carbonyl (C=O) groups is 1. The Morgan fingerprint density at radius 1 is 1.63 bits per heavy atom. The molecule has 2 heterocycles. The maximum atomic E-state index is 12.1. The standard InChI is InChI=1S/C13H13ClN2O2S/c1-7(6-17)4-9(15)12(18)11-5-10-13(19-11)8(14)2-3-16-10/h2-3,5,7,15,17H,4,6H2,1H3. The Morgan fingerprint density at radius 3 is 3.00 bits per heavy atom. The van der Waals surface area contributed by atoms with Crippen LogP contribution in [0.5, 0.6) is 0 Å². The van der Waals surface area contributed by atoms with Crippen molar-refractivity contribution in [2.75, 3.05) is 6.61 Å². The summed E-state index contributed by atoms with van der Waals surface area (Å²) in [6, 6.07) is 3.33. The lowest BCUT2D eigenvalue weighted by molar-refractivity contribution is 0.106. The monoisotopic (exact) mass is 296 g/mol. The summed E-state index contributed by atoms with van der Waals surface area (Å²) in [5.41, 5.74) is 0.674. The van der Waals surface area contributed by atoms with Gasteiger partial charge in [0, 0.05) is 12.8 Å². The number of aliphatic hydroxyl groups excluding tert-OH is 1. The van der Waals surface area contributed by atoms with Crippen LogP contribution >= 0.6 is 22.9 Å². The van der Waals surface area contributed by atoms with Gasteiger partial charge in [-0.05, 0) is 24.5 Å². The quantitative estimate of drug-likeness (QED) is 0.657. The molecule has 1 unspecified atom stereocenters. The number of nitrogens with zero attached hydrogens (tertiary/aromatic N) is 1. The van der Waals surface area contributed by atoms with Gasteiger partial charge >= 0.3 is 0 Å². The summed E-state index contributed by atoms with van der Waals surface area (Å²) < 4.78 is 0.760. The van der Waals surface area contributed by atoms with Crippen LogP contribution in [-0.4, -0.2) is 28.2 Å². The predicted octanol–water partition coefficient (Wildman–Crippen LogP) is 3.17. The van der Waals surface area contributed by atoms with E-state index in [1.807, 2.05) is 0 Å². The van der Waals surface area contributed by atoms with E-state index < -0.39 is 0 Å². The van der Waals surface area contributed by atoms with Crippen LogP contribution in [0.25, 0.3) is 10.2 Å². The van der Waals surface area contributed by atoms with Crippen LogP contribution < -0.4 is 0 Å². The summed E-state index contributed by atoms with van der Waals surface area (Å²) in [5.74, 6) is -0.410. The molecule has 0 saturated carbocycles. The largest absolute Gasteiger partial charge is 0.396 e. The van der Waals surface area contributed by atoms with Crippen molar-refractivity contribution in [3.8, 4) is 0 Å². The Bertz CT molecular complexity index is 639. The first-order valence-electron chi connectivity index (χ1n) is 5.80. The topological polar surface area (TPSA) is 74.0 Å². The molecule has 2 aromatic rings. The maximum absolute atomic E-state index is 12.1. The lowest BCUT2D eigenvalue weighted by Gasteiger charge is -2.06. The molecule has 6 heteroatoms. The first-order chi connectivity index (χ1) is 9.02. The van der Waals surface area contributed by atoms with Gasteiger partial charge in [-0.15, -0.1) is 11.3 Å². The number of aromatic nitrogens is 1. The van der Waals surface area contributed by atoms with E-state index in [0.717, 1.165) is 4.70 Å². The zero-order valence-corrected chi connectivity index (χ0v) is 11.9. The zero-order valence-electron chi connectivity index (χ0n) is 10.3. The van der Waals surface area contributed by atoms with Crippen LogP contribution in [-0.2, 0) is 0 Å². The third-order valence-corrected chi connectivity index (χ3v) is 4.31. The average molecular weight is 297 g/mol. The molecule has 0 radical (unpaired) electrons. The van der Waals surface area contributed by atoms with Gasteiger partial charge in [0.2, 0.25) is 5.78 Å². The molecule has 0 amide bonds. The van der Waals surface area contributed by atoms with E-state index in [4.69, 9.17) is 22.1 Å². The number of aliphatic hydroxyl groups is 1. The number of pyridine rings is 1. The van der Waals surface area contributed by atoms with Crippen LogP contribution in [0, 0.1) is 11.3 Å². The summed E-state index contributed by atoms with van der Waals surface area (Å²) in [5, 5.41) is 17.3. The molecule has 0 aliphatic rings. The van der Waals surface area contributed by atoms with Crippen molar-refractivity contribution < 1.29 is 9.90 Å². The van der Waals surface area contributed by atoms with Crippen molar-refractivity contribution in [3.63, 3.8) is 0 Å². The number of carbonyl (C=O) groups excluding carboxylic acids is 1. The Hall–Kier alpha value is -1.30. The molecule has 100 valence electrons.